The molecule has 0 saturated carbocycles. The van der Waals surface area contributed by atoms with Gasteiger partial charge in [-0.05, 0) is 42.2 Å². The van der Waals surface area contributed by atoms with Crippen LogP contribution in [0.5, 0.6) is 5.75 Å². The fourth-order valence-corrected chi connectivity index (χ4v) is 3.84. The van der Waals surface area contributed by atoms with Gasteiger partial charge in [-0.2, -0.15) is 0 Å². The number of nitrogens with zero attached hydrogens (tertiary/aromatic N) is 1. The van der Waals surface area contributed by atoms with Gasteiger partial charge in [-0.15, -0.1) is 0 Å². The van der Waals surface area contributed by atoms with Crippen LogP contribution in [0.15, 0.2) is 48.5 Å². The summed E-state index contributed by atoms with van der Waals surface area (Å²) in [4.78, 5) is 27.9. The Balaban J connectivity index is 1.85. The first kappa shape index (κ1) is 20.9. The van der Waals surface area contributed by atoms with E-state index in [2.05, 4.69) is 19.2 Å². The van der Waals surface area contributed by atoms with Crippen LogP contribution in [0.1, 0.15) is 41.3 Å². The summed E-state index contributed by atoms with van der Waals surface area (Å²) in [6, 6.07) is 15.4. The molecule has 2 amide bonds. The standard InChI is InChI=1S/C24H30N2O3/c1-16(2)13-25-23(27)22-15-26(24(28)20-8-6-5-7-17(20)3)14-21(22)18-9-11-19(29-4)12-10-18/h5-12,16,21-22H,13-15H2,1-4H3,(H,25,27)/t21-,22+/m1/s1. The third-order valence-corrected chi connectivity index (χ3v) is 5.55. The molecule has 0 radical (unpaired) electrons. The summed E-state index contributed by atoms with van der Waals surface area (Å²) in [6.45, 7) is 7.67. The number of hydrogen-bond acceptors (Lipinski definition) is 3. The van der Waals surface area contributed by atoms with Gasteiger partial charge in [0, 0.05) is 31.1 Å². The molecular weight excluding hydrogens is 364 g/mol. The maximum absolute atomic E-state index is 13.2. The molecule has 5 nitrogen and oxygen atoms in total. The van der Waals surface area contributed by atoms with Gasteiger partial charge in [0.15, 0.2) is 0 Å². The second-order valence-electron chi connectivity index (χ2n) is 8.15. The number of carbonyl (C=O) groups is 2. The molecule has 1 aliphatic rings. The number of ether oxygens (including phenoxy) is 1. The van der Waals surface area contributed by atoms with Gasteiger partial charge < -0.3 is 15.0 Å². The van der Waals surface area contributed by atoms with E-state index in [1.54, 1.807) is 7.11 Å². The molecule has 2 atom stereocenters. The summed E-state index contributed by atoms with van der Waals surface area (Å²) in [6.07, 6.45) is 0. The average Bonchev–Trinajstić information content (AvgIpc) is 3.17. The van der Waals surface area contributed by atoms with E-state index in [1.807, 2.05) is 60.4 Å². The van der Waals surface area contributed by atoms with Crippen molar-refractivity contribution < 1.29 is 14.3 Å². The van der Waals surface area contributed by atoms with E-state index < -0.39 is 0 Å². The Morgan fingerprint density at radius 3 is 2.41 bits per heavy atom. The zero-order valence-corrected chi connectivity index (χ0v) is 17.6. The Kier molecular flexibility index (Phi) is 6.57. The zero-order valence-electron chi connectivity index (χ0n) is 17.6. The normalized spacial score (nSPS) is 18.7. The van der Waals surface area contributed by atoms with Gasteiger partial charge >= 0.3 is 0 Å². The molecule has 1 aliphatic heterocycles. The molecular formula is C24H30N2O3. The lowest BCUT2D eigenvalue weighted by Gasteiger charge is -2.19. The molecule has 0 unspecified atom stereocenters. The molecule has 0 aliphatic carbocycles. The summed E-state index contributed by atoms with van der Waals surface area (Å²) in [5.41, 5.74) is 2.70. The first-order chi connectivity index (χ1) is 13.9. The number of nitrogens with one attached hydrogen (secondary N) is 1. The van der Waals surface area contributed by atoms with Crippen molar-refractivity contribution in [1.29, 1.82) is 0 Å². The topological polar surface area (TPSA) is 58.6 Å². The van der Waals surface area contributed by atoms with Crippen LogP contribution < -0.4 is 10.1 Å². The number of likely N-dealkylation sites (tertiary alicyclic amines) is 1. The molecule has 29 heavy (non-hydrogen) atoms. The Morgan fingerprint density at radius 1 is 1.10 bits per heavy atom. The van der Waals surface area contributed by atoms with Gasteiger partial charge in [0.1, 0.15) is 5.75 Å². The van der Waals surface area contributed by atoms with Crippen LogP contribution >= 0.6 is 0 Å². The molecule has 2 aromatic carbocycles. The van der Waals surface area contributed by atoms with Crippen molar-refractivity contribution in [3.05, 3.63) is 65.2 Å². The molecule has 1 saturated heterocycles. The first-order valence-corrected chi connectivity index (χ1v) is 10.2. The van der Waals surface area contributed by atoms with E-state index >= 15 is 0 Å². The lowest BCUT2D eigenvalue weighted by atomic mass is 9.88. The quantitative estimate of drug-likeness (QED) is 0.814. The second kappa shape index (κ2) is 9.12. The summed E-state index contributed by atoms with van der Waals surface area (Å²) < 4.78 is 5.26. The van der Waals surface area contributed by atoms with E-state index in [0.717, 1.165) is 16.9 Å². The lowest BCUT2D eigenvalue weighted by Crippen LogP contribution is -2.37. The number of aryl methyl sites for hydroxylation is 1. The number of rotatable bonds is 6. The SMILES string of the molecule is COc1ccc([C@H]2CN(C(=O)c3ccccc3C)C[C@@H]2C(=O)NCC(C)C)cc1. The number of methoxy groups -OCH3 is 1. The van der Waals surface area contributed by atoms with Gasteiger partial charge in [-0.25, -0.2) is 0 Å². The highest BCUT2D eigenvalue weighted by molar-refractivity contribution is 5.96. The van der Waals surface area contributed by atoms with Gasteiger partial charge in [0.05, 0.1) is 13.0 Å². The van der Waals surface area contributed by atoms with Crippen molar-refractivity contribution in [2.75, 3.05) is 26.7 Å². The molecule has 0 aromatic heterocycles. The van der Waals surface area contributed by atoms with Crippen molar-refractivity contribution in [3.8, 4) is 5.75 Å². The van der Waals surface area contributed by atoms with Gasteiger partial charge in [-0.3, -0.25) is 9.59 Å². The first-order valence-electron chi connectivity index (χ1n) is 10.2. The highest BCUT2D eigenvalue weighted by Crippen LogP contribution is 2.34. The predicted octanol–water partition coefficient (Wildman–Crippen LogP) is 3.63. The Hall–Kier alpha value is -2.82. The van der Waals surface area contributed by atoms with Crippen LogP contribution in [-0.4, -0.2) is 43.5 Å². The van der Waals surface area contributed by atoms with E-state index in [4.69, 9.17) is 4.74 Å². The Morgan fingerprint density at radius 2 is 1.79 bits per heavy atom. The maximum Gasteiger partial charge on any atom is 0.254 e. The molecule has 2 aromatic rings. The van der Waals surface area contributed by atoms with Crippen molar-refractivity contribution in [1.82, 2.24) is 10.2 Å². The van der Waals surface area contributed by atoms with Crippen LogP contribution in [0, 0.1) is 18.8 Å². The second-order valence-corrected chi connectivity index (χ2v) is 8.15. The average molecular weight is 395 g/mol. The van der Waals surface area contributed by atoms with Crippen LogP contribution in [0.4, 0.5) is 0 Å². The van der Waals surface area contributed by atoms with Crippen molar-refractivity contribution in [2.24, 2.45) is 11.8 Å². The number of carbonyl (C=O) groups excluding carboxylic acids is 2. The number of benzene rings is 2. The van der Waals surface area contributed by atoms with Crippen LogP contribution in [0.2, 0.25) is 0 Å². The minimum absolute atomic E-state index is 0.0132. The van der Waals surface area contributed by atoms with Crippen LogP contribution in [0.3, 0.4) is 0 Å². The molecule has 0 spiro atoms. The number of hydrogen-bond donors (Lipinski definition) is 1. The molecule has 0 bridgehead atoms. The molecule has 154 valence electrons. The Bertz CT molecular complexity index is 861. The zero-order chi connectivity index (χ0) is 21.0. The summed E-state index contributed by atoms with van der Waals surface area (Å²) in [7, 11) is 1.63. The molecule has 1 fully saturated rings. The molecule has 5 heteroatoms. The predicted molar refractivity (Wildman–Crippen MR) is 114 cm³/mol. The van der Waals surface area contributed by atoms with Crippen molar-refractivity contribution in [3.63, 3.8) is 0 Å². The fraction of sp³-hybridized carbons (Fsp3) is 0.417. The van der Waals surface area contributed by atoms with E-state index in [1.165, 1.54) is 0 Å². The van der Waals surface area contributed by atoms with Gasteiger partial charge in [0.2, 0.25) is 5.91 Å². The van der Waals surface area contributed by atoms with E-state index in [0.29, 0.717) is 31.1 Å². The highest BCUT2D eigenvalue weighted by atomic mass is 16.5. The van der Waals surface area contributed by atoms with Gasteiger partial charge in [0.25, 0.3) is 5.91 Å². The van der Waals surface area contributed by atoms with Crippen molar-refractivity contribution in [2.45, 2.75) is 26.7 Å². The highest BCUT2D eigenvalue weighted by Gasteiger charge is 2.40. The third kappa shape index (κ3) is 4.78. The smallest absolute Gasteiger partial charge is 0.254 e. The minimum Gasteiger partial charge on any atom is -0.497 e. The molecule has 1 N–H and O–H groups in total. The lowest BCUT2D eigenvalue weighted by molar-refractivity contribution is -0.125. The van der Waals surface area contributed by atoms with Crippen molar-refractivity contribution >= 4 is 11.8 Å². The monoisotopic (exact) mass is 394 g/mol. The Labute approximate surface area is 173 Å². The maximum atomic E-state index is 13.2. The summed E-state index contributed by atoms with van der Waals surface area (Å²) >= 11 is 0. The minimum atomic E-state index is -0.268. The molecule has 1 heterocycles. The number of amides is 2. The summed E-state index contributed by atoms with van der Waals surface area (Å²) in [5.74, 6) is 0.849. The summed E-state index contributed by atoms with van der Waals surface area (Å²) in [5, 5.41) is 3.06. The third-order valence-electron chi connectivity index (χ3n) is 5.55. The molecule has 3 rings (SSSR count). The van der Waals surface area contributed by atoms with Gasteiger partial charge in [-0.1, -0.05) is 44.2 Å². The van der Waals surface area contributed by atoms with E-state index in [-0.39, 0.29) is 23.7 Å². The fourth-order valence-electron chi connectivity index (χ4n) is 3.84. The van der Waals surface area contributed by atoms with E-state index in [9.17, 15) is 9.59 Å². The van der Waals surface area contributed by atoms with Crippen LogP contribution in [-0.2, 0) is 4.79 Å². The largest absolute Gasteiger partial charge is 0.497 e. The van der Waals surface area contributed by atoms with Crippen LogP contribution in [0.25, 0.3) is 0 Å².